The van der Waals surface area contributed by atoms with Crippen LogP contribution in [0.1, 0.15) is 31.2 Å². The van der Waals surface area contributed by atoms with Crippen molar-refractivity contribution in [3.05, 3.63) is 35.9 Å². The molecule has 1 aliphatic rings. The average Bonchev–Trinajstić information content (AvgIpc) is 2.41. The summed E-state index contributed by atoms with van der Waals surface area (Å²) < 4.78 is 0. The Morgan fingerprint density at radius 2 is 1.95 bits per heavy atom. The fourth-order valence-corrected chi connectivity index (χ4v) is 2.63. The lowest BCUT2D eigenvalue weighted by Crippen LogP contribution is -2.50. The van der Waals surface area contributed by atoms with Crippen molar-refractivity contribution in [2.75, 3.05) is 0 Å². The van der Waals surface area contributed by atoms with Gasteiger partial charge in [0.05, 0.1) is 6.10 Å². The van der Waals surface area contributed by atoms with Crippen LogP contribution in [0.15, 0.2) is 30.3 Å². The molecule has 0 saturated heterocycles. The van der Waals surface area contributed by atoms with Crippen molar-refractivity contribution in [3.63, 3.8) is 0 Å². The van der Waals surface area contributed by atoms with Gasteiger partial charge in [-0.2, -0.15) is 0 Å². The SMILES string of the molecule is O=C(O)C(Cc1ccccc1)N[C@@H]1CCCC[C@H]1O. The van der Waals surface area contributed by atoms with Gasteiger partial charge < -0.3 is 10.2 Å². The second kappa shape index (κ2) is 6.68. The number of carbonyl (C=O) groups is 1. The standard InChI is InChI=1S/C15H21NO3/c17-14-9-5-4-8-12(14)16-13(15(18)19)10-11-6-2-1-3-7-11/h1-3,6-7,12-14,16-17H,4-5,8-10H2,(H,18,19)/t12-,13?,14-/m1/s1. The van der Waals surface area contributed by atoms with Gasteiger partial charge in [0.2, 0.25) is 0 Å². The van der Waals surface area contributed by atoms with E-state index in [4.69, 9.17) is 0 Å². The van der Waals surface area contributed by atoms with Crippen molar-refractivity contribution in [2.24, 2.45) is 0 Å². The van der Waals surface area contributed by atoms with Crippen LogP contribution in [0.3, 0.4) is 0 Å². The lowest BCUT2D eigenvalue weighted by molar-refractivity contribution is -0.140. The molecular formula is C15H21NO3. The molecule has 0 radical (unpaired) electrons. The summed E-state index contributed by atoms with van der Waals surface area (Å²) in [5.41, 5.74) is 0.993. The highest BCUT2D eigenvalue weighted by molar-refractivity contribution is 5.74. The number of benzene rings is 1. The number of rotatable bonds is 5. The van der Waals surface area contributed by atoms with Crippen LogP contribution in [-0.4, -0.2) is 34.4 Å². The number of aliphatic hydroxyl groups excluding tert-OH is 1. The van der Waals surface area contributed by atoms with Crippen LogP contribution >= 0.6 is 0 Å². The van der Waals surface area contributed by atoms with Gasteiger partial charge in [-0.25, -0.2) is 0 Å². The van der Waals surface area contributed by atoms with Crippen molar-refractivity contribution in [1.29, 1.82) is 0 Å². The zero-order valence-corrected chi connectivity index (χ0v) is 11.0. The van der Waals surface area contributed by atoms with E-state index in [2.05, 4.69) is 5.32 Å². The van der Waals surface area contributed by atoms with Gasteiger partial charge in [-0.3, -0.25) is 10.1 Å². The van der Waals surface area contributed by atoms with Crippen molar-refractivity contribution in [3.8, 4) is 0 Å². The minimum Gasteiger partial charge on any atom is -0.480 e. The van der Waals surface area contributed by atoms with Crippen LogP contribution in [-0.2, 0) is 11.2 Å². The number of nitrogens with one attached hydrogen (secondary N) is 1. The van der Waals surface area contributed by atoms with Gasteiger partial charge in [0.1, 0.15) is 6.04 Å². The molecule has 4 heteroatoms. The quantitative estimate of drug-likeness (QED) is 0.754. The van der Waals surface area contributed by atoms with Crippen LogP contribution in [0.5, 0.6) is 0 Å². The van der Waals surface area contributed by atoms with E-state index in [0.717, 1.165) is 31.2 Å². The fourth-order valence-electron chi connectivity index (χ4n) is 2.63. The molecular weight excluding hydrogens is 242 g/mol. The first kappa shape index (κ1) is 14.0. The van der Waals surface area contributed by atoms with Gasteiger partial charge in [-0.15, -0.1) is 0 Å². The van der Waals surface area contributed by atoms with Crippen molar-refractivity contribution in [2.45, 2.75) is 50.3 Å². The highest BCUT2D eigenvalue weighted by atomic mass is 16.4. The number of aliphatic carboxylic acids is 1. The lowest BCUT2D eigenvalue weighted by Gasteiger charge is -2.31. The summed E-state index contributed by atoms with van der Waals surface area (Å²) in [5, 5.41) is 22.3. The number of carboxylic acid groups (broad SMARTS) is 1. The van der Waals surface area contributed by atoms with Gasteiger partial charge in [-0.05, 0) is 24.8 Å². The molecule has 1 aromatic carbocycles. The van der Waals surface area contributed by atoms with E-state index in [1.807, 2.05) is 30.3 Å². The lowest BCUT2D eigenvalue weighted by atomic mass is 9.91. The molecule has 104 valence electrons. The molecule has 1 fully saturated rings. The van der Waals surface area contributed by atoms with Crippen molar-refractivity contribution >= 4 is 5.97 Å². The van der Waals surface area contributed by atoms with Gasteiger partial charge in [0, 0.05) is 6.04 Å². The molecule has 1 saturated carbocycles. The molecule has 0 aliphatic heterocycles. The molecule has 4 nitrogen and oxygen atoms in total. The molecule has 0 aromatic heterocycles. The van der Waals surface area contributed by atoms with Crippen LogP contribution in [0.25, 0.3) is 0 Å². The Morgan fingerprint density at radius 3 is 2.58 bits per heavy atom. The van der Waals surface area contributed by atoms with Crippen LogP contribution in [0, 0.1) is 0 Å². The largest absolute Gasteiger partial charge is 0.480 e. The van der Waals surface area contributed by atoms with E-state index in [-0.39, 0.29) is 6.04 Å². The molecule has 3 N–H and O–H groups in total. The smallest absolute Gasteiger partial charge is 0.321 e. The molecule has 0 spiro atoms. The minimum absolute atomic E-state index is 0.0986. The predicted octanol–water partition coefficient (Wildman–Crippen LogP) is 1.58. The van der Waals surface area contributed by atoms with Gasteiger partial charge in [0.25, 0.3) is 0 Å². The number of hydrogen-bond acceptors (Lipinski definition) is 3. The maximum absolute atomic E-state index is 11.3. The normalized spacial score (nSPS) is 24.9. The third-order valence-electron chi connectivity index (χ3n) is 3.73. The van der Waals surface area contributed by atoms with E-state index < -0.39 is 18.1 Å². The molecule has 1 aliphatic carbocycles. The first-order valence-corrected chi connectivity index (χ1v) is 6.87. The van der Waals surface area contributed by atoms with E-state index in [0.29, 0.717) is 6.42 Å². The maximum atomic E-state index is 11.3. The first-order valence-electron chi connectivity index (χ1n) is 6.87. The third-order valence-corrected chi connectivity index (χ3v) is 3.73. The molecule has 19 heavy (non-hydrogen) atoms. The predicted molar refractivity (Wildman–Crippen MR) is 73.0 cm³/mol. The highest BCUT2D eigenvalue weighted by Gasteiger charge is 2.28. The fraction of sp³-hybridized carbons (Fsp3) is 0.533. The highest BCUT2D eigenvalue weighted by Crippen LogP contribution is 2.19. The zero-order chi connectivity index (χ0) is 13.7. The second-order valence-electron chi connectivity index (χ2n) is 5.21. The van der Waals surface area contributed by atoms with E-state index >= 15 is 0 Å². The van der Waals surface area contributed by atoms with Gasteiger partial charge in [-0.1, -0.05) is 43.2 Å². The first-order chi connectivity index (χ1) is 9.16. The second-order valence-corrected chi connectivity index (χ2v) is 5.21. The summed E-state index contributed by atoms with van der Waals surface area (Å²) in [5.74, 6) is -0.860. The molecule has 2 rings (SSSR count). The molecule has 3 atom stereocenters. The molecule has 1 unspecified atom stereocenters. The Labute approximate surface area is 113 Å². The van der Waals surface area contributed by atoms with E-state index in [1.165, 1.54) is 0 Å². The Hall–Kier alpha value is -1.39. The minimum atomic E-state index is -0.860. The Kier molecular flexibility index (Phi) is 4.93. The Morgan fingerprint density at radius 1 is 1.26 bits per heavy atom. The summed E-state index contributed by atoms with van der Waals surface area (Å²) in [6.45, 7) is 0. The van der Waals surface area contributed by atoms with Crippen molar-refractivity contribution in [1.82, 2.24) is 5.32 Å². The topological polar surface area (TPSA) is 69.6 Å². The summed E-state index contributed by atoms with van der Waals surface area (Å²) in [7, 11) is 0. The number of carboxylic acids is 1. The molecule has 1 aromatic rings. The zero-order valence-electron chi connectivity index (χ0n) is 11.0. The Balaban J connectivity index is 1.98. The molecule has 0 bridgehead atoms. The van der Waals surface area contributed by atoms with Gasteiger partial charge in [0.15, 0.2) is 0 Å². The number of aliphatic hydroxyl groups is 1. The molecule has 0 heterocycles. The van der Waals surface area contributed by atoms with Crippen LogP contribution < -0.4 is 5.32 Å². The summed E-state index contributed by atoms with van der Waals surface area (Å²) in [6, 6.07) is 8.84. The summed E-state index contributed by atoms with van der Waals surface area (Å²) in [4.78, 5) is 11.3. The van der Waals surface area contributed by atoms with E-state index in [1.54, 1.807) is 0 Å². The summed E-state index contributed by atoms with van der Waals surface area (Å²) in [6.07, 6.45) is 3.70. The summed E-state index contributed by atoms with van der Waals surface area (Å²) >= 11 is 0. The van der Waals surface area contributed by atoms with Gasteiger partial charge >= 0.3 is 5.97 Å². The third kappa shape index (κ3) is 4.04. The van der Waals surface area contributed by atoms with Crippen molar-refractivity contribution < 1.29 is 15.0 Å². The van der Waals surface area contributed by atoms with Crippen LogP contribution in [0.2, 0.25) is 0 Å². The van der Waals surface area contributed by atoms with E-state index in [9.17, 15) is 15.0 Å². The van der Waals surface area contributed by atoms with Crippen LogP contribution in [0.4, 0.5) is 0 Å². The number of hydrogen-bond donors (Lipinski definition) is 3. The average molecular weight is 263 g/mol. The maximum Gasteiger partial charge on any atom is 0.321 e. The molecule has 0 amide bonds. The monoisotopic (exact) mass is 263 g/mol. The Bertz CT molecular complexity index is 407.